The minimum absolute atomic E-state index is 0.0262. The van der Waals surface area contributed by atoms with Crippen LogP contribution in [-0.2, 0) is 19.1 Å². The first kappa shape index (κ1) is 17.2. The molecule has 0 aromatic carbocycles. The van der Waals surface area contributed by atoms with Gasteiger partial charge in [0.25, 0.3) is 0 Å². The monoisotopic (exact) mass is 335 g/mol. The second-order valence-corrected chi connectivity index (χ2v) is 7.09. The first-order chi connectivity index (χ1) is 11.3. The summed E-state index contributed by atoms with van der Waals surface area (Å²) in [4.78, 5) is 27.1. The van der Waals surface area contributed by atoms with Crippen LogP contribution in [0.25, 0.3) is 0 Å². The number of esters is 2. The number of hydrogen-bond acceptors (Lipinski definition) is 6. The lowest BCUT2D eigenvalue weighted by Gasteiger charge is -2.31. The smallest absolute Gasteiger partial charge is 0.338 e. The number of rotatable bonds is 0. The number of aliphatic hydroxyl groups is 1. The van der Waals surface area contributed by atoms with Crippen LogP contribution in [-0.4, -0.2) is 59.4 Å². The van der Waals surface area contributed by atoms with Gasteiger partial charge in [-0.3, -0.25) is 4.90 Å². The summed E-state index contributed by atoms with van der Waals surface area (Å²) < 4.78 is 11.2. The Kier molecular flexibility index (Phi) is 4.53. The van der Waals surface area contributed by atoms with E-state index < -0.39 is 17.5 Å². The fraction of sp³-hybridized carbons (Fsp3) is 0.667. The molecule has 24 heavy (non-hydrogen) atoms. The van der Waals surface area contributed by atoms with Crippen LogP contribution in [0.15, 0.2) is 23.3 Å². The third-order valence-electron chi connectivity index (χ3n) is 5.55. The maximum absolute atomic E-state index is 12.5. The van der Waals surface area contributed by atoms with Gasteiger partial charge in [0.1, 0.15) is 12.7 Å². The van der Waals surface area contributed by atoms with Crippen LogP contribution in [0, 0.1) is 5.92 Å². The molecular weight excluding hydrogens is 310 g/mol. The molecule has 0 radical (unpaired) electrons. The van der Waals surface area contributed by atoms with Gasteiger partial charge in [-0.05, 0) is 38.2 Å². The van der Waals surface area contributed by atoms with Gasteiger partial charge in [0, 0.05) is 18.7 Å². The highest BCUT2D eigenvalue weighted by molar-refractivity contribution is 5.89. The predicted octanol–water partition coefficient (Wildman–Crippen LogP) is 1.19. The highest BCUT2D eigenvalue weighted by Gasteiger charge is 2.45. The molecule has 6 heteroatoms. The molecule has 132 valence electrons. The SMILES string of the molecule is C/C=C1\C[C@@H](C)[C@@](C)(O)C(=O)OCC2=CCN3CCC(OC1=O)C23. The first-order valence-electron chi connectivity index (χ1n) is 8.53. The van der Waals surface area contributed by atoms with Crippen molar-refractivity contribution >= 4 is 11.9 Å². The van der Waals surface area contributed by atoms with Crippen LogP contribution in [0.4, 0.5) is 0 Å². The molecule has 3 aliphatic heterocycles. The molecule has 6 nitrogen and oxygen atoms in total. The summed E-state index contributed by atoms with van der Waals surface area (Å²) in [6, 6.07) is -0.0262. The Labute approximate surface area is 142 Å². The van der Waals surface area contributed by atoms with E-state index in [0.717, 1.165) is 25.1 Å². The quantitative estimate of drug-likeness (QED) is 0.407. The van der Waals surface area contributed by atoms with E-state index in [4.69, 9.17) is 9.47 Å². The van der Waals surface area contributed by atoms with Crippen molar-refractivity contribution in [2.75, 3.05) is 19.7 Å². The van der Waals surface area contributed by atoms with Crippen molar-refractivity contribution in [1.82, 2.24) is 4.90 Å². The summed E-state index contributed by atoms with van der Waals surface area (Å²) >= 11 is 0. The summed E-state index contributed by atoms with van der Waals surface area (Å²) in [5.41, 5.74) is -0.218. The molecule has 3 heterocycles. The number of nitrogens with zero attached hydrogens (tertiary/aromatic N) is 1. The van der Waals surface area contributed by atoms with Gasteiger partial charge in [0.05, 0.1) is 6.04 Å². The summed E-state index contributed by atoms with van der Waals surface area (Å²) in [7, 11) is 0. The van der Waals surface area contributed by atoms with Gasteiger partial charge in [-0.2, -0.15) is 0 Å². The van der Waals surface area contributed by atoms with Crippen LogP contribution in [0.1, 0.15) is 33.6 Å². The molecule has 0 aliphatic carbocycles. The van der Waals surface area contributed by atoms with E-state index in [1.807, 2.05) is 6.08 Å². The highest BCUT2D eigenvalue weighted by Crippen LogP contribution is 2.34. The van der Waals surface area contributed by atoms with E-state index in [2.05, 4.69) is 4.90 Å². The molecule has 1 N–H and O–H groups in total. The molecule has 0 bridgehead atoms. The van der Waals surface area contributed by atoms with E-state index >= 15 is 0 Å². The lowest BCUT2D eigenvalue weighted by molar-refractivity contribution is -0.169. The molecule has 4 atom stereocenters. The molecular formula is C18H25NO5. The van der Waals surface area contributed by atoms with Gasteiger partial charge in [-0.25, -0.2) is 9.59 Å². The van der Waals surface area contributed by atoms with Crippen LogP contribution >= 0.6 is 0 Å². The Balaban J connectivity index is 1.91. The van der Waals surface area contributed by atoms with Gasteiger partial charge in [-0.1, -0.05) is 19.1 Å². The maximum Gasteiger partial charge on any atom is 0.338 e. The van der Waals surface area contributed by atoms with E-state index in [0.29, 0.717) is 5.57 Å². The molecule has 2 saturated heterocycles. The predicted molar refractivity (Wildman–Crippen MR) is 87.1 cm³/mol. The standard InChI is InChI=1S/C18H25NO5/c1-4-12-9-11(2)18(3,22)17(21)23-10-13-5-7-19-8-6-14(15(13)19)24-16(12)20/h4-5,11,14-15,22H,6-10H2,1-3H3/b12-4+/t11-,14?,15?,18-/m1/s1. The van der Waals surface area contributed by atoms with Gasteiger partial charge in [0.15, 0.2) is 5.60 Å². The zero-order chi connectivity index (χ0) is 17.5. The summed E-state index contributed by atoms with van der Waals surface area (Å²) in [5.74, 6) is -1.46. The average molecular weight is 335 g/mol. The Bertz CT molecular complexity index is 607. The molecule has 2 fully saturated rings. The van der Waals surface area contributed by atoms with Crippen LogP contribution in [0.3, 0.4) is 0 Å². The molecule has 2 unspecified atom stereocenters. The van der Waals surface area contributed by atoms with Crippen molar-refractivity contribution in [3.63, 3.8) is 0 Å². The third-order valence-corrected chi connectivity index (χ3v) is 5.55. The normalized spacial score (nSPS) is 39.6. The molecule has 0 saturated carbocycles. The average Bonchev–Trinajstić information content (AvgIpc) is 3.12. The number of hydrogen-bond donors (Lipinski definition) is 1. The van der Waals surface area contributed by atoms with Crippen molar-refractivity contribution in [3.8, 4) is 0 Å². The van der Waals surface area contributed by atoms with E-state index in [9.17, 15) is 14.7 Å². The van der Waals surface area contributed by atoms with Crippen LogP contribution in [0.5, 0.6) is 0 Å². The van der Waals surface area contributed by atoms with Crippen LogP contribution in [0.2, 0.25) is 0 Å². The zero-order valence-corrected chi connectivity index (χ0v) is 14.4. The third kappa shape index (κ3) is 2.89. The fourth-order valence-corrected chi connectivity index (χ4v) is 3.68. The minimum Gasteiger partial charge on any atom is -0.459 e. The number of cyclic esters (lactones) is 1. The molecule has 3 rings (SSSR count). The van der Waals surface area contributed by atoms with Gasteiger partial charge >= 0.3 is 11.9 Å². The molecule has 0 aromatic heterocycles. The van der Waals surface area contributed by atoms with Crippen molar-refractivity contribution in [2.45, 2.75) is 51.4 Å². The minimum atomic E-state index is -1.65. The van der Waals surface area contributed by atoms with E-state index in [-0.39, 0.29) is 31.1 Å². The molecule has 0 amide bonds. The molecule has 3 aliphatic rings. The zero-order valence-electron chi connectivity index (χ0n) is 14.4. The molecule has 0 spiro atoms. The first-order valence-corrected chi connectivity index (χ1v) is 8.53. The second kappa shape index (κ2) is 6.33. The van der Waals surface area contributed by atoms with Crippen molar-refractivity contribution in [3.05, 3.63) is 23.3 Å². The highest BCUT2D eigenvalue weighted by atomic mass is 16.6. The second-order valence-electron chi connectivity index (χ2n) is 7.09. The molecule has 0 aromatic rings. The van der Waals surface area contributed by atoms with E-state index in [1.165, 1.54) is 6.92 Å². The Morgan fingerprint density at radius 1 is 1.42 bits per heavy atom. The van der Waals surface area contributed by atoms with Crippen molar-refractivity contribution in [1.29, 1.82) is 0 Å². The topological polar surface area (TPSA) is 76.1 Å². The lowest BCUT2D eigenvalue weighted by Crippen LogP contribution is -2.45. The lowest BCUT2D eigenvalue weighted by atomic mass is 9.85. The number of carbonyl (C=O) groups is 2. The maximum atomic E-state index is 12.5. The number of ether oxygens (including phenoxy) is 2. The summed E-state index contributed by atoms with van der Waals surface area (Å²) in [6.07, 6.45) is 4.56. The number of carbonyl (C=O) groups excluding carboxylic acids is 2. The van der Waals surface area contributed by atoms with E-state index in [1.54, 1.807) is 19.9 Å². The van der Waals surface area contributed by atoms with Gasteiger partial charge < -0.3 is 14.6 Å². The van der Waals surface area contributed by atoms with Crippen LogP contribution < -0.4 is 0 Å². The Hall–Kier alpha value is -1.66. The largest absolute Gasteiger partial charge is 0.459 e. The van der Waals surface area contributed by atoms with Gasteiger partial charge in [-0.15, -0.1) is 0 Å². The Morgan fingerprint density at radius 2 is 2.17 bits per heavy atom. The van der Waals surface area contributed by atoms with Gasteiger partial charge in [0.2, 0.25) is 0 Å². The van der Waals surface area contributed by atoms with Crippen molar-refractivity contribution < 1.29 is 24.2 Å². The Morgan fingerprint density at radius 3 is 2.88 bits per heavy atom. The summed E-state index contributed by atoms with van der Waals surface area (Å²) in [5, 5.41) is 10.6. The fourth-order valence-electron chi connectivity index (χ4n) is 3.68. The number of allylic oxidation sites excluding steroid dienone is 1. The van der Waals surface area contributed by atoms with Crippen molar-refractivity contribution in [2.24, 2.45) is 5.92 Å². The summed E-state index contributed by atoms with van der Waals surface area (Å²) in [6.45, 7) is 6.71.